The maximum absolute atomic E-state index is 12.2. The van der Waals surface area contributed by atoms with Crippen molar-refractivity contribution in [1.29, 1.82) is 0 Å². The number of thioether (sulfide) groups is 1. The van der Waals surface area contributed by atoms with Gasteiger partial charge in [0.05, 0.1) is 15.6 Å². The van der Waals surface area contributed by atoms with Gasteiger partial charge in [0, 0.05) is 16.1 Å². The molecule has 7 heteroatoms. The third kappa shape index (κ3) is 4.18. The van der Waals surface area contributed by atoms with Crippen molar-refractivity contribution in [2.45, 2.75) is 0 Å². The number of carbonyl (C=O) groups is 1. The normalized spacial score (nSPS) is 16.9. The minimum atomic E-state index is -0.216. The highest BCUT2D eigenvalue weighted by molar-refractivity contribution is 9.10. The molecule has 0 bridgehead atoms. The number of nitrogens with zero attached hydrogens (tertiary/aromatic N) is 1. The van der Waals surface area contributed by atoms with E-state index in [-0.39, 0.29) is 5.91 Å². The Morgan fingerprint density at radius 2 is 1.96 bits per heavy atom. The molecule has 4 rings (SSSR count). The van der Waals surface area contributed by atoms with Crippen LogP contribution >= 0.6 is 39.3 Å². The van der Waals surface area contributed by atoms with Gasteiger partial charge in [-0.2, -0.15) is 0 Å². The number of rotatable bonds is 3. The van der Waals surface area contributed by atoms with Crippen LogP contribution in [0.4, 0.5) is 5.69 Å². The summed E-state index contributed by atoms with van der Waals surface area (Å²) >= 11 is 10.8. The molecule has 1 aliphatic rings. The third-order valence-electron chi connectivity index (χ3n) is 3.73. The van der Waals surface area contributed by atoms with Gasteiger partial charge in [0.25, 0.3) is 5.91 Å². The molecule has 0 radical (unpaired) electrons. The van der Waals surface area contributed by atoms with E-state index in [0.29, 0.717) is 26.5 Å². The predicted molar refractivity (Wildman–Crippen MR) is 114 cm³/mol. The Morgan fingerprint density at radius 3 is 2.78 bits per heavy atom. The minimum Gasteiger partial charge on any atom is -0.457 e. The molecule has 1 saturated heterocycles. The summed E-state index contributed by atoms with van der Waals surface area (Å²) in [7, 11) is 0. The van der Waals surface area contributed by atoms with Crippen LogP contribution in [0.1, 0.15) is 5.76 Å². The van der Waals surface area contributed by atoms with Gasteiger partial charge in [0.1, 0.15) is 11.5 Å². The van der Waals surface area contributed by atoms with Crippen LogP contribution in [0.25, 0.3) is 17.4 Å². The molecule has 1 fully saturated rings. The standard InChI is InChI=1S/C20H12BrClN2O2S/c21-13-5-3-4-12(10-13)17-9-8-14(26-17)11-18-19(25)24-20(27-18)23-16-7-2-1-6-15(16)22/h1-11H,(H,23,24,25)/b18-11+. The van der Waals surface area contributed by atoms with Crippen LogP contribution in [0.5, 0.6) is 0 Å². The number of hydrogen-bond acceptors (Lipinski definition) is 4. The Balaban J connectivity index is 1.56. The highest BCUT2D eigenvalue weighted by Crippen LogP contribution is 2.32. The summed E-state index contributed by atoms with van der Waals surface area (Å²) < 4.78 is 6.83. The van der Waals surface area contributed by atoms with Crippen molar-refractivity contribution >= 4 is 62.1 Å². The first kappa shape index (κ1) is 18.1. The van der Waals surface area contributed by atoms with Crippen LogP contribution in [-0.4, -0.2) is 11.1 Å². The van der Waals surface area contributed by atoms with Crippen LogP contribution in [0.3, 0.4) is 0 Å². The molecule has 27 heavy (non-hydrogen) atoms. The first-order valence-electron chi connectivity index (χ1n) is 7.98. The second kappa shape index (κ2) is 7.76. The molecule has 0 saturated carbocycles. The van der Waals surface area contributed by atoms with Gasteiger partial charge in [-0.3, -0.25) is 4.79 Å². The number of amides is 1. The summed E-state index contributed by atoms with van der Waals surface area (Å²) in [5.74, 6) is 1.12. The highest BCUT2D eigenvalue weighted by Gasteiger charge is 2.24. The molecule has 0 aliphatic carbocycles. The van der Waals surface area contributed by atoms with E-state index in [1.807, 2.05) is 48.5 Å². The van der Waals surface area contributed by atoms with Crippen molar-refractivity contribution < 1.29 is 9.21 Å². The lowest BCUT2D eigenvalue weighted by molar-refractivity contribution is -0.115. The molecule has 1 N–H and O–H groups in total. The SMILES string of the molecule is O=C1NC(=Nc2ccccc2Cl)S/C1=C/c1ccc(-c2cccc(Br)c2)o1. The minimum absolute atomic E-state index is 0.216. The molecule has 0 spiro atoms. The van der Waals surface area contributed by atoms with Gasteiger partial charge < -0.3 is 9.73 Å². The lowest BCUT2D eigenvalue weighted by Gasteiger charge is -1.98. The number of hydrogen-bond donors (Lipinski definition) is 1. The van der Waals surface area contributed by atoms with Crippen LogP contribution in [0, 0.1) is 0 Å². The van der Waals surface area contributed by atoms with Crippen molar-refractivity contribution in [2.75, 3.05) is 0 Å². The number of furan rings is 1. The zero-order valence-electron chi connectivity index (χ0n) is 13.8. The average Bonchev–Trinajstić information content (AvgIpc) is 3.24. The van der Waals surface area contributed by atoms with Gasteiger partial charge in [-0.05, 0) is 48.2 Å². The van der Waals surface area contributed by atoms with E-state index in [4.69, 9.17) is 16.0 Å². The van der Waals surface area contributed by atoms with Crippen molar-refractivity contribution in [1.82, 2.24) is 5.32 Å². The van der Waals surface area contributed by atoms with E-state index < -0.39 is 0 Å². The fraction of sp³-hybridized carbons (Fsp3) is 0. The number of aliphatic imine (C=N–C) groups is 1. The second-order valence-electron chi connectivity index (χ2n) is 5.65. The summed E-state index contributed by atoms with van der Waals surface area (Å²) in [5.41, 5.74) is 1.57. The van der Waals surface area contributed by atoms with Crippen molar-refractivity contribution in [2.24, 2.45) is 4.99 Å². The van der Waals surface area contributed by atoms with E-state index >= 15 is 0 Å². The number of para-hydroxylation sites is 1. The average molecular weight is 460 g/mol. The van der Waals surface area contributed by atoms with E-state index in [1.165, 1.54) is 11.8 Å². The lowest BCUT2D eigenvalue weighted by Crippen LogP contribution is -2.19. The molecule has 1 aliphatic heterocycles. The van der Waals surface area contributed by atoms with Crippen molar-refractivity contribution in [3.8, 4) is 11.3 Å². The molecule has 1 aromatic heterocycles. The Labute approximate surface area is 173 Å². The number of nitrogens with one attached hydrogen (secondary N) is 1. The molecule has 2 aromatic carbocycles. The maximum Gasteiger partial charge on any atom is 0.264 e. The number of halogens is 2. The lowest BCUT2D eigenvalue weighted by atomic mass is 10.2. The first-order valence-corrected chi connectivity index (χ1v) is 9.97. The second-order valence-corrected chi connectivity index (χ2v) is 8.00. The van der Waals surface area contributed by atoms with Crippen molar-refractivity contribution in [3.63, 3.8) is 0 Å². The van der Waals surface area contributed by atoms with E-state index in [1.54, 1.807) is 18.2 Å². The molecule has 134 valence electrons. The van der Waals surface area contributed by atoms with Gasteiger partial charge in [-0.25, -0.2) is 4.99 Å². The zero-order valence-corrected chi connectivity index (χ0v) is 16.9. The quantitative estimate of drug-likeness (QED) is 0.471. The molecule has 0 unspecified atom stereocenters. The third-order valence-corrected chi connectivity index (χ3v) is 5.46. The van der Waals surface area contributed by atoms with Crippen LogP contribution < -0.4 is 5.32 Å². The smallest absolute Gasteiger partial charge is 0.264 e. The van der Waals surface area contributed by atoms with E-state index in [2.05, 4.69) is 26.2 Å². The summed E-state index contributed by atoms with van der Waals surface area (Å²) in [6.45, 7) is 0. The van der Waals surface area contributed by atoms with Crippen LogP contribution in [-0.2, 0) is 4.79 Å². The predicted octanol–water partition coefficient (Wildman–Crippen LogP) is 6.25. The topological polar surface area (TPSA) is 54.6 Å². The van der Waals surface area contributed by atoms with Gasteiger partial charge in [-0.15, -0.1) is 0 Å². The van der Waals surface area contributed by atoms with Crippen molar-refractivity contribution in [3.05, 3.63) is 80.8 Å². The van der Waals surface area contributed by atoms with Gasteiger partial charge in [0.2, 0.25) is 0 Å². The van der Waals surface area contributed by atoms with Gasteiger partial charge in [0.15, 0.2) is 5.17 Å². The summed E-state index contributed by atoms with van der Waals surface area (Å²) in [5, 5.41) is 3.76. The first-order chi connectivity index (χ1) is 13.1. The van der Waals surface area contributed by atoms with E-state index in [9.17, 15) is 4.79 Å². The Kier molecular flexibility index (Phi) is 5.20. The summed E-state index contributed by atoms with van der Waals surface area (Å²) in [6, 6.07) is 18.8. The zero-order chi connectivity index (χ0) is 18.8. The summed E-state index contributed by atoms with van der Waals surface area (Å²) in [6.07, 6.45) is 1.70. The molecule has 4 nitrogen and oxygen atoms in total. The number of carbonyl (C=O) groups excluding carboxylic acids is 1. The fourth-order valence-corrected chi connectivity index (χ4v) is 3.88. The largest absolute Gasteiger partial charge is 0.457 e. The Hall–Kier alpha value is -2.28. The molecular weight excluding hydrogens is 448 g/mol. The van der Waals surface area contributed by atoms with Gasteiger partial charge >= 0.3 is 0 Å². The number of amidine groups is 1. The molecule has 2 heterocycles. The monoisotopic (exact) mass is 458 g/mol. The number of benzene rings is 2. The molecule has 1 amide bonds. The maximum atomic E-state index is 12.2. The molecule has 0 atom stereocenters. The fourth-order valence-electron chi connectivity index (χ4n) is 2.49. The molecule has 3 aromatic rings. The van der Waals surface area contributed by atoms with E-state index in [0.717, 1.165) is 15.8 Å². The molecular formula is C20H12BrClN2O2S. The van der Waals surface area contributed by atoms with Crippen LogP contribution in [0.15, 0.2) is 79.5 Å². The Bertz CT molecular complexity index is 1090. The Morgan fingerprint density at radius 1 is 1.11 bits per heavy atom. The summed E-state index contributed by atoms with van der Waals surface area (Å²) in [4.78, 5) is 17.1. The van der Waals surface area contributed by atoms with Crippen LogP contribution in [0.2, 0.25) is 5.02 Å². The van der Waals surface area contributed by atoms with Gasteiger partial charge in [-0.1, -0.05) is 51.8 Å². The highest BCUT2D eigenvalue weighted by atomic mass is 79.9.